The van der Waals surface area contributed by atoms with Crippen molar-refractivity contribution in [1.82, 2.24) is 20.0 Å². The molecule has 2 atom stereocenters. The Morgan fingerprint density at radius 2 is 1.79 bits per heavy atom. The summed E-state index contributed by atoms with van der Waals surface area (Å²) in [6.07, 6.45) is 5.60. The second kappa shape index (κ2) is 9.21. The van der Waals surface area contributed by atoms with Crippen LogP contribution in [0.4, 0.5) is 0 Å². The third kappa shape index (κ3) is 4.70. The van der Waals surface area contributed by atoms with Crippen LogP contribution < -0.4 is 10.0 Å². The topological polar surface area (TPSA) is 121 Å². The largest absolute Gasteiger partial charge is 0.346 e. The highest BCUT2D eigenvalue weighted by Crippen LogP contribution is 2.31. The number of H-pyrrole nitrogens is 1. The number of carbonyl (C=O) groups excluding carboxylic acids is 2. The van der Waals surface area contributed by atoms with Crippen molar-refractivity contribution in [2.24, 2.45) is 5.92 Å². The number of sulfonamides is 1. The first-order chi connectivity index (χ1) is 16.4. The Labute approximate surface area is 198 Å². The highest BCUT2D eigenvalue weighted by Gasteiger charge is 2.37. The Hall–Kier alpha value is -3.20. The van der Waals surface area contributed by atoms with E-state index < -0.39 is 21.2 Å². The number of hydrogen-bond acceptors (Lipinski definition) is 5. The summed E-state index contributed by atoms with van der Waals surface area (Å²) >= 11 is 0. The van der Waals surface area contributed by atoms with Crippen LogP contribution in [0.2, 0.25) is 0 Å². The van der Waals surface area contributed by atoms with Gasteiger partial charge in [-0.3, -0.25) is 14.3 Å². The van der Waals surface area contributed by atoms with E-state index in [1.807, 2.05) is 41.1 Å². The summed E-state index contributed by atoms with van der Waals surface area (Å²) in [6.45, 7) is 0. The molecule has 0 radical (unpaired) electrons. The van der Waals surface area contributed by atoms with E-state index in [0.29, 0.717) is 17.8 Å². The predicted molar refractivity (Wildman–Crippen MR) is 128 cm³/mol. The number of imidazole rings is 1. The Morgan fingerprint density at radius 3 is 2.47 bits per heavy atom. The number of amides is 2. The summed E-state index contributed by atoms with van der Waals surface area (Å²) in [4.78, 5) is 32.7. The van der Waals surface area contributed by atoms with Gasteiger partial charge in [0.2, 0.25) is 21.8 Å². The van der Waals surface area contributed by atoms with Crippen molar-refractivity contribution in [1.29, 1.82) is 0 Å². The smallest absolute Gasteiger partial charge is 0.242 e. The first-order valence-corrected chi connectivity index (χ1v) is 13.3. The van der Waals surface area contributed by atoms with Crippen molar-refractivity contribution in [3.05, 3.63) is 65.5 Å². The molecule has 2 heterocycles. The van der Waals surface area contributed by atoms with Crippen LogP contribution in [-0.2, 0) is 26.0 Å². The number of nitrogens with zero attached hydrogens (tertiary/aromatic N) is 1. The molecule has 0 spiro atoms. The number of nitrogens with one attached hydrogen (secondary N) is 3. The maximum atomic E-state index is 13.1. The average Bonchev–Trinajstić information content (AvgIpc) is 3.39. The normalized spacial score (nSPS) is 21.3. The quantitative estimate of drug-likeness (QED) is 0.499. The van der Waals surface area contributed by atoms with Crippen LogP contribution in [0.15, 0.2) is 48.5 Å². The molecule has 9 heteroatoms. The molecule has 8 nitrogen and oxygen atoms in total. The van der Waals surface area contributed by atoms with E-state index in [1.165, 1.54) is 6.42 Å². The third-order valence-electron chi connectivity index (χ3n) is 6.82. The SMILES string of the molecule is O=C1CC(c2ccc(C[C@H](NC(=O)C3CCCCC3)c3nc4ccccc4[nH]3)cc2)S(=O)(=O)N1. The number of aromatic amines is 1. The number of rotatable bonds is 6. The Balaban J connectivity index is 1.38. The van der Waals surface area contributed by atoms with E-state index in [4.69, 9.17) is 4.98 Å². The van der Waals surface area contributed by atoms with Gasteiger partial charge < -0.3 is 10.3 Å². The number of hydrogen-bond donors (Lipinski definition) is 3. The summed E-state index contributed by atoms with van der Waals surface area (Å²) in [5.41, 5.74) is 3.27. The molecule has 1 aliphatic carbocycles. The molecule has 178 valence electrons. The number of aromatic nitrogens is 2. The van der Waals surface area contributed by atoms with Gasteiger partial charge in [0.15, 0.2) is 0 Å². The monoisotopic (exact) mass is 480 g/mol. The van der Waals surface area contributed by atoms with Crippen LogP contribution in [0.25, 0.3) is 11.0 Å². The van der Waals surface area contributed by atoms with E-state index in [-0.39, 0.29) is 24.3 Å². The molecular formula is C25H28N4O4S. The molecule has 5 rings (SSSR count). The molecule has 0 bridgehead atoms. The van der Waals surface area contributed by atoms with E-state index in [2.05, 4.69) is 10.3 Å². The van der Waals surface area contributed by atoms with Gasteiger partial charge in [0.25, 0.3) is 0 Å². The molecule has 1 saturated heterocycles. The fourth-order valence-electron chi connectivity index (χ4n) is 4.96. The van der Waals surface area contributed by atoms with Gasteiger partial charge in [-0.05, 0) is 42.5 Å². The zero-order valence-corrected chi connectivity index (χ0v) is 19.6. The van der Waals surface area contributed by atoms with E-state index in [0.717, 1.165) is 42.3 Å². The number of para-hydroxylation sites is 2. The summed E-state index contributed by atoms with van der Waals surface area (Å²) in [5, 5.41) is 2.35. The lowest BCUT2D eigenvalue weighted by Crippen LogP contribution is -2.36. The van der Waals surface area contributed by atoms with Gasteiger partial charge in [0, 0.05) is 5.92 Å². The van der Waals surface area contributed by atoms with Crippen LogP contribution >= 0.6 is 0 Å². The van der Waals surface area contributed by atoms with Crippen molar-refractivity contribution in [2.75, 3.05) is 0 Å². The first kappa shape index (κ1) is 22.6. The molecule has 2 amide bonds. The van der Waals surface area contributed by atoms with Gasteiger partial charge in [-0.15, -0.1) is 0 Å². The van der Waals surface area contributed by atoms with Crippen LogP contribution in [0.5, 0.6) is 0 Å². The lowest BCUT2D eigenvalue weighted by Gasteiger charge is -2.24. The number of carbonyl (C=O) groups is 2. The molecule has 34 heavy (non-hydrogen) atoms. The van der Waals surface area contributed by atoms with Gasteiger partial charge in [-0.1, -0.05) is 55.7 Å². The van der Waals surface area contributed by atoms with Crippen LogP contribution in [0.1, 0.15) is 66.8 Å². The van der Waals surface area contributed by atoms with Crippen molar-refractivity contribution in [3.8, 4) is 0 Å². The number of fused-ring (bicyclic) bond motifs is 1. The molecule has 1 aliphatic heterocycles. The standard InChI is InChI=1S/C25H28N4O4S/c30-23-15-22(34(32,33)29-23)17-12-10-16(11-13-17)14-21(28-25(31)18-6-2-1-3-7-18)24-26-19-8-4-5-9-20(19)27-24/h4-5,8-13,18,21-22H,1-3,6-7,14-15H2,(H,26,27)(H,28,31)(H,29,30)/t21-,22?/m0/s1. The second-order valence-electron chi connectivity index (χ2n) is 9.24. The van der Waals surface area contributed by atoms with Gasteiger partial charge in [-0.2, -0.15) is 0 Å². The molecular weight excluding hydrogens is 452 g/mol. The van der Waals surface area contributed by atoms with Crippen LogP contribution in [0, 0.1) is 5.92 Å². The lowest BCUT2D eigenvalue weighted by molar-refractivity contribution is -0.126. The lowest BCUT2D eigenvalue weighted by atomic mass is 9.88. The van der Waals surface area contributed by atoms with E-state index in [1.54, 1.807) is 12.1 Å². The average molecular weight is 481 g/mol. The summed E-state index contributed by atoms with van der Waals surface area (Å²) < 4.78 is 26.4. The molecule has 1 saturated carbocycles. The van der Waals surface area contributed by atoms with Crippen molar-refractivity contribution in [3.63, 3.8) is 0 Å². The van der Waals surface area contributed by atoms with Gasteiger partial charge in [0.1, 0.15) is 11.1 Å². The fraction of sp³-hybridized carbons (Fsp3) is 0.400. The first-order valence-electron chi connectivity index (χ1n) is 11.8. The molecule has 3 aromatic rings. The van der Waals surface area contributed by atoms with E-state index >= 15 is 0 Å². The summed E-state index contributed by atoms with van der Waals surface area (Å²) in [5.74, 6) is 0.302. The second-order valence-corrected chi connectivity index (χ2v) is 11.1. The van der Waals surface area contributed by atoms with Crippen LogP contribution in [0.3, 0.4) is 0 Å². The van der Waals surface area contributed by atoms with Crippen molar-refractivity contribution >= 4 is 32.9 Å². The predicted octanol–water partition coefficient (Wildman–Crippen LogP) is 3.43. The highest BCUT2D eigenvalue weighted by atomic mass is 32.2. The molecule has 1 aromatic heterocycles. The fourth-order valence-corrected chi connectivity index (χ4v) is 6.39. The zero-order valence-electron chi connectivity index (χ0n) is 18.8. The Bertz CT molecular complexity index is 1280. The minimum Gasteiger partial charge on any atom is -0.346 e. The molecule has 2 fully saturated rings. The minimum absolute atomic E-state index is 0.0283. The molecule has 1 unspecified atom stereocenters. The van der Waals surface area contributed by atoms with Gasteiger partial charge >= 0.3 is 0 Å². The Kier molecular flexibility index (Phi) is 6.12. The van der Waals surface area contributed by atoms with Crippen molar-refractivity contribution < 1.29 is 18.0 Å². The molecule has 2 aliphatic rings. The van der Waals surface area contributed by atoms with E-state index in [9.17, 15) is 18.0 Å². The number of benzene rings is 2. The van der Waals surface area contributed by atoms with Gasteiger partial charge in [-0.25, -0.2) is 13.4 Å². The maximum absolute atomic E-state index is 13.1. The highest BCUT2D eigenvalue weighted by molar-refractivity contribution is 7.90. The molecule has 3 N–H and O–H groups in total. The zero-order chi connectivity index (χ0) is 23.7. The van der Waals surface area contributed by atoms with Crippen molar-refractivity contribution in [2.45, 2.75) is 56.2 Å². The third-order valence-corrected chi connectivity index (χ3v) is 8.52. The Morgan fingerprint density at radius 1 is 1.06 bits per heavy atom. The summed E-state index contributed by atoms with van der Waals surface area (Å²) in [7, 11) is -3.68. The summed E-state index contributed by atoms with van der Waals surface area (Å²) in [6, 6.07) is 14.6. The molecule has 2 aromatic carbocycles. The van der Waals surface area contributed by atoms with Crippen LogP contribution in [-0.4, -0.2) is 30.2 Å². The minimum atomic E-state index is -3.68. The maximum Gasteiger partial charge on any atom is 0.242 e. The van der Waals surface area contributed by atoms with Gasteiger partial charge in [0.05, 0.1) is 23.5 Å².